The second kappa shape index (κ2) is 6.50. The summed E-state index contributed by atoms with van der Waals surface area (Å²) in [6.45, 7) is 6.19. The molecule has 1 aromatic rings. The molecule has 2 N–H and O–H groups in total. The van der Waals surface area contributed by atoms with Gasteiger partial charge in [-0.15, -0.1) is 0 Å². The predicted molar refractivity (Wildman–Crippen MR) is 74.3 cm³/mol. The Hall–Kier alpha value is -0.650. The summed E-state index contributed by atoms with van der Waals surface area (Å²) in [5.74, 6) is -0.353. The molecule has 5 heteroatoms. The lowest BCUT2D eigenvalue weighted by atomic mass is 10.2. The summed E-state index contributed by atoms with van der Waals surface area (Å²) in [7, 11) is 0. The lowest BCUT2D eigenvalue weighted by Crippen LogP contribution is -2.30. The van der Waals surface area contributed by atoms with Crippen LogP contribution in [0.2, 0.25) is 0 Å². The van der Waals surface area contributed by atoms with Crippen LogP contribution in [0.3, 0.4) is 0 Å². The Morgan fingerprint density at radius 3 is 2.67 bits per heavy atom. The standard InChI is InChI=1S/C13H19BrFNO2/c1-13(2,3)18-8-9(17)7-16-12-10(14)5-4-6-11(12)15/h4-6,9,16-17H,7-8H2,1-3H3. The van der Waals surface area contributed by atoms with E-state index in [0.717, 1.165) is 0 Å². The number of para-hydroxylation sites is 1. The van der Waals surface area contributed by atoms with Gasteiger partial charge in [-0.25, -0.2) is 4.39 Å². The third kappa shape index (κ3) is 5.33. The van der Waals surface area contributed by atoms with E-state index < -0.39 is 6.10 Å². The summed E-state index contributed by atoms with van der Waals surface area (Å²) >= 11 is 3.25. The first-order valence-corrected chi connectivity index (χ1v) is 6.59. The molecule has 0 spiro atoms. The maximum absolute atomic E-state index is 13.5. The van der Waals surface area contributed by atoms with Crippen LogP contribution in [0, 0.1) is 5.82 Å². The zero-order valence-corrected chi connectivity index (χ0v) is 12.4. The van der Waals surface area contributed by atoms with Crippen molar-refractivity contribution in [1.82, 2.24) is 0 Å². The third-order valence-corrected chi connectivity index (χ3v) is 2.85. The SMILES string of the molecule is CC(C)(C)OCC(O)CNc1c(F)cccc1Br. The quantitative estimate of drug-likeness (QED) is 0.875. The molecule has 0 radical (unpaired) electrons. The Labute approximate surface area is 115 Å². The summed E-state index contributed by atoms with van der Waals surface area (Å²) in [5, 5.41) is 12.6. The molecule has 0 saturated heterocycles. The smallest absolute Gasteiger partial charge is 0.147 e. The van der Waals surface area contributed by atoms with Crippen molar-refractivity contribution < 1.29 is 14.2 Å². The third-order valence-electron chi connectivity index (χ3n) is 2.19. The van der Waals surface area contributed by atoms with Crippen LogP contribution in [0.1, 0.15) is 20.8 Å². The van der Waals surface area contributed by atoms with Crippen molar-refractivity contribution in [3.8, 4) is 0 Å². The van der Waals surface area contributed by atoms with Crippen LogP contribution in [0.5, 0.6) is 0 Å². The highest BCUT2D eigenvalue weighted by atomic mass is 79.9. The van der Waals surface area contributed by atoms with Gasteiger partial charge in [-0.1, -0.05) is 6.07 Å². The zero-order valence-electron chi connectivity index (χ0n) is 10.8. The van der Waals surface area contributed by atoms with Crippen molar-refractivity contribution in [3.63, 3.8) is 0 Å². The molecule has 0 aliphatic heterocycles. The summed E-state index contributed by atoms with van der Waals surface area (Å²) in [5.41, 5.74) is 0.0619. The highest BCUT2D eigenvalue weighted by molar-refractivity contribution is 9.10. The van der Waals surface area contributed by atoms with Crippen LogP contribution in [0.4, 0.5) is 10.1 Å². The molecule has 0 heterocycles. The topological polar surface area (TPSA) is 41.5 Å². The number of ether oxygens (including phenoxy) is 1. The lowest BCUT2D eigenvalue weighted by molar-refractivity contribution is -0.0449. The molecule has 0 saturated carbocycles. The first kappa shape index (κ1) is 15.4. The monoisotopic (exact) mass is 319 g/mol. The number of anilines is 1. The Morgan fingerprint density at radius 1 is 1.44 bits per heavy atom. The molecule has 18 heavy (non-hydrogen) atoms. The molecule has 0 amide bonds. The highest BCUT2D eigenvalue weighted by Crippen LogP contribution is 2.24. The molecular weight excluding hydrogens is 301 g/mol. The van der Waals surface area contributed by atoms with E-state index in [4.69, 9.17) is 4.74 Å². The van der Waals surface area contributed by atoms with E-state index in [1.54, 1.807) is 12.1 Å². The Bertz CT molecular complexity index is 373. The fourth-order valence-corrected chi connectivity index (χ4v) is 1.77. The van der Waals surface area contributed by atoms with Gasteiger partial charge in [0.2, 0.25) is 0 Å². The Morgan fingerprint density at radius 2 is 2.11 bits per heavy atom. The van der Waals surface area contributed by atoms with E-state index in [1.807, 2.05) is 20.8 Å². The first-order chi connectivity index (χ1) is 8.29. The maximum Gasteiger partial charge on any atom is 0.147 e. The summed E-state index contributed by atoms with van der Waals surface area (Å²) in [6, 6.07) is 4.72. The molecule has 0 aliphatic carbocycles. The van der Waals surface area contributed by atoms with E-state index in [0.29, 0.717) is 10.2 Å². The molecule has 0 bridgehead atoms. The van der Waals surface area contributed by atoms with Gasteiger partial charge < -0.3 is 15.2 Å². The second-order valence-electron chi connectivity index (χ2n) is 5.05. The van der Waals surface area contributed by atoms with Gasteiger partial charge in [0.15, 0.2) is 0 Å². The van der Waals surface area contributed by atoms with E-state index in [2.05, 4.69) is 21.2 Å². The molecule has 0 aliphatic rings. The normalized spacial score (nSPS) is 13.4. The number of aliphatic hydroxyl groups excluding tert-OH is 1. The van der Waals surface area contributed by atoms with Gasteiger partial charge >= 0.3 is 0 Å². The average molecular weight is 320 g/mol. The zero-order chi connectivity index (χ0) is 13.8. The molecule has 1 rings (SSSR count). The van der Waals surface area contributed by atoms with Crippen LogP contribution in [0.25, 0.3) is 0 Å². The minimum Gasteiger partial charge on any atom is -0.389 e. The van der Waals surface area contributed by atoms with Gasteiger partial charge in [0.05, 0.1) is 24.0 Å². The van der Waals surface area contributed by atoms with Gasteiger partial charge in [0.25, 0.3) is 0 Å². The summed E-state index contributed by atoms with van der Waals surface area (Å²) < 4.78 is 19.5. The van der Waals surface area contributed by atoms with Crippen LogP contribution in [0.15, 0.2) is 22.7 Å². The molecule has 3 nitrogen and oxygen atoms in total. The van der Waals surface area contributed by atoms with Crippen molar-refractivity contribution in [2.45, 2.75) is 32.5 Å². The van der Waals surface area contributed by atoms with Crippen molar-refractivity contribution in [1.29, 1.82) is 0 Å². The highest BCUT2D eigenvalue weighted by Gasteiger charge is 2.14. The van der Waals surface area contributed by atoms with E-state index >= 15 is 0 Å². The molecule has 0 aromatic heterocycles. The minimum atomic E-state index is -0.685. The fraction of sp³-hybridized carbons (Fsp3) is 0.538. The van der Waals surface area contributed by atoms with Crippen molar-refractivity contribution >= 4 is 21.6 Å². The number of halogens is 2. The Kier molecular flexibility index (Phi) is 5.56. The largest absolute Gasteiger partial charge is 0.389 e. The second-order valence-corrected chi connectivity index (χ2v) is 5.91. The van der Waals surface area contributed by atoms with Crippen LogP contribution >= 0.6 is 15.9 Å². The number of aliphatic hydroxyl groups is 1. The summed E-state index contributed by atoms with van der Waals surface area (Å²) in [6.07, 6.45) is -0.685. The van der Waals surface area contributed by atoms with Gasteiger partial charge in [-0.2, -0.15) is 0 Å². The van der Waals surface area contributed by atoms with Crippen LogP contribution in [-0.4, -0.2) is 30.0 Å². The molecule has 102 valence electrons. The van der Waals surface area contributed by atoms with Crippen LogP contribution < -0.4 is 5.32 Å². The average Bonchev–Trinajstić information content (AvgIpc) is 2.25. The molecule has 0 fully saturated rings. The van der Waals surface area contributed by atoms with Crippen molar-refractivity contribution in [2.24, 2.45) is 0 Å². The Balaban J connectivity index is 2.45. The van der Waals surface area contributed by atoms with E-state index in [1.165, 1.54) is 6.07 Å². The van der Waals surface area contributed by atoms with Crippen molar-refractivity contribution in [2.75, 3.05) is 18.5 Å². The fourth-order valence-electron chi connectivity index (χ4n) is 1.29. The molecule has 1 unspecified atom stereocenters. The van der Waals surface area contributed by atoms with Gasteiger partial charge in [-0.3, -0.25) is 0 Å². The van der Waals surface area contributed by atoms with Gasteiger partial charge in [-0.05, 0) is 48.8 Å². The number of benzene rings is 1. The minimum absolute atomic E-state index is 0.211. The van der Waals surface area contributed by atoms with Gasteiger partial charge in [0, 0.05) is 11.0 Å². The molecular formula is C13H19BrFNO2. The molecule has 1 aromatic carbocycles. The lowest BCUT2D eigenvalue weighted by Gasteiger charge is -2.22. The van der Waals surface area contributed by atoms with E-state index in [-0.39, 0.29) is 24.6 Å². The van der Waals surface area contributed by atoms with E-state index in [9.17, 15) is 9.50 Å². The predicted octanol–water partition coefficient (Wildman–Crippen LogP) is 3.18. The number of nitrogens with one attached hydrogen (secondary N) is 1. The molecule has 1 atom stereocenters. The number of hydrogen-bond donors (Lipinski definition) is 2. The summed E-state index contributed by atoms with van der Waals surface area (Å²) in [4.78, 5) is 0. The number of rotatable bonds is 5. The van der Waals surface area contributed by atoms with Crippen molar-refractivity contribution in [3.05, 3.63) is 28.5 Å². The number of hydrogen-bond acceptors (Lipinski definition) is 3. The first-order valence-electron chi connectivity index (χ1n) is 5.79. The van der Waals surface area contributed by atoms with Gasteiger partial charge in [0.1, 0.15) is 5.82 Å². The van der Waals surface area contributed by atoms with Crippen LogP contribution in [-0.2, 0) is 4.74 Å². The maximum atomic E-state index is 13.5.